The van der Waals surface area contributed by atoms with E-state index in [0.717, 1.165) is 13.8 Å². The molecule has 0 aliphatic carbocycles. The number of hydrogen-bond donors (Lipinski definition) is 11. The zero-order valence-electron chi connectivity index (χ0n) is 21.7. The minimum absolute atomic E-state index is 0.641. The number of carbonyl (C=O) groups excluding carboxylic acids is 2. The monoisotopic (exact) mass is 586 g/mol. The van der Waals surface area contributed by atoms with Gasteiger partial charge in [-0.25, -0.2) is 0 Å². The standard InChI is InChI=1S/C22H38N2O16/c1-6(28)23-11-15(32)13(30)8(3-25)37-21(11)39-18-10(5-27)38-22(17(34)16(18)33)40-19-12(24-7(2)29)20(35)36-9(4-26)14(19)31/h8-22,25-27,30-35H,3-5H2,1-2H3,(H,23,28)(H,24,29)/t8-,9-,10-,11-,12-,13-,14-,15-,16-,17-,18+,19-,20+,21-,22+/m1/s1. The zero-order valence-corrected chi connectivity index (χ0v) is 21.7. The summed E-state index contributed by atoms with van der Waals surface area (Å²) in [4.78, 5) is 23.3. The van der Waals surface area contributed by atoms with Gasteiger partial charge in [0.25, 0.3) is 0 Å². The third-order valence-electron chi connectivity index (χ3n) is 6.90. The molecule has 0 spiro atoms. The van der Waals surface area contributed by atoms with E-state index in [1.165, 1.54) is 0 Å². The van der Waals surface area contributed by atoms with Crippen LogP contribution in [-0.2, 0) is 33.3 Å². The van der Waals surface area contributed by atoms with Gasteiger partial charge in [-0.15, -0.1) is 0 Å². The fourth-order valence-corrected chi connectivity index (χ4v) is 4.86. The molecule has 0 aromatic heterocycles. The van der Waals surface area contributed by atoms with Crippen molar-refractivity contribution in [3.8, 4) is 0 Å². The molecular formula is C22H38N2O16. The Morgan fingerprint density at radius 3 is 1.65 bits per heavy atom. The van der Waals surface area contributed by atoms with Gasteiger partial charge in [0.1, 0.15) is 73.1 Å². The first-order valence-electron chi connectivity index (χ1n) is 12.6. The molecule has 2 amide bonds. The average Bonchev–Trinajstić information content (AvgIpc) is 2.90. The summed E-state index contributed by atoms with van der Waals surface area (Å²) in [5, 5.41) is 96.9. The fourth-order valence-electron chi connectivity index (χ4n) is 4.86. The largest absolute Gasteiger partial charge is 0.394 e. The Morgan fingerprint density at radius 2 is 1.10 bits per heavy atom. The molecule has 11 N–H and O–H groups in total. The Bertz CT molecular complexity index is 852. The third-order valence-corrected chi connectivity index (χ3v) is 6.90. The summed E-state index contributed by atoms with van der Waals surface area (Å²) in [7, 11) is 0. The van der Waals surface area contributed by atoms with E-state index >= 15 is 0 Å². The Kier molecular flexibility index (Phi) is 11.5. The molecule has 0 unspecified atom stereocenters. The van der Waals surface area contributed by atoms with Gasteiger partial charge in [0, 0.05) is 13.8 Å². The normalized spacial score (nSPS) is 46.0. The molecule has 40 heavy (non-hydrogen) atoms. The topological polar surface area (TPSA) is 286 Å². The molecule has 0 radical (unpaired) electrons. The molecule has 3 saturated heterocycles. The van der Waals surface area contributed by atoms with Crippen LogP contribution in [-0.4, -0.2) is 170 Å². The molecule has 0 saturated carbocycles. The highest BCUT2D eigenvalue weighted by atomic mass is 16.7. The summed E-state index contributed by atoms with van der Waals surface area (Å²) < 4.78 is 27.5. The molecule has 0 bridgehead atoms. The molecule has 18 nitrogen and oxygen atoms in total. The van der Waals surface area contributed by atoms with Crippen molar-refractivity contribution in [1.82, 2.24) is 10.6 Å². The van der Waals surface area contributed by atoms with Gasteiger partial charge >= 0.3 is 0 Å². The van der Waals surface area contributed by atoms with E-state index in [1.54, 1.807) is 0 Å². The molecule has 3 rings (SSSR count). The molecule has 18 heteroatoms. The van der Waals surface area contributed by atoms with Crippen LogP contribution in [0.25, 0.3) is 0 Å². The number of carbonyl (C=O) groups is 2. The van der Waals surface area contributed by atoms with Gasteiger partial charge in [-0.1, -0.05) is 0 Å². The van der Waals surface area contributed by atoms with Crippen molar-refractivity contribution in [3.63, 3.8) is 0 Å². The van der Waals surface area contributed by atoms with Gasteiger partial charge in [0.05, 0.1) is 19.8 Å². The van der Waals surface area contributed by atoms with Crippen LogP contribution in [0.15, 0.2) is 0 Å². The maximum Gasteiger partial charge on any atom is 0.217 e. The summed E-state index contributed by atoms with van der Waals surface area (Å²) in [6.45, 7) is -0.101. The highest BCUT2D eigenvalue weighted by Crippen LogP contribution is 2.32. The lowest BCUT2D eigenvalue weighted by atomic mass is 9.94. The number of hydrogen-bond acceptors (Lipinski definition) is 16. The minimum Gasteiger partial charge on any atom is -0.394 e. The summed E-state index contributed by atoms with van der Waals surface area (Å²) in [6.07, 6.45) is -21.2. The van der Waals surface area contributed by atoms with E-state index in [2.05, 4.69) is 10.6 Å². The SMILES string of the molecule is CC(=O)N[C@@H]1[C@@H](O[C@@H]2O[C@H](CO)[C@H](O[C@H]3O[C@H](CO)[C@@H](O)[C@H](O)[C@H]3NC(C)=O)[C@H](O)[C@H]2O)[C@H](O)[C@@H](CO)O[C@@H]1O. The van der Waals surface area contributed by atoms with Crippen LogP contribution in [0.4, 0.5) is 0 Å². The van der Waals surface area contributed by atoms with E-state index in [9.17, 15) is 55.5 Å². The van der Waals surface area contributed by atoms with Crippen LogP contribution >= 0.6 is 0 Å². The van der Waals surface area contributed by atoms with Crippen molar-refractivity contribution in [1.29, 1.82) is 0 Å². The number of amides is 2. The molecule has 232 valence electrons. The number of aliphatic hydroxyl groups excluding tert-OH is 9. The lowest BCUT2D eigenvalue weighted by Gasteiger charge is -2.49. The van der Waals surface area contributed by atoms with Crippen molar-refractivity contribution in [2.75, 3.05) is 19.8 Å². The minimum atomic E-state index is -1.95. The maximum atomic E-state index is 11.7. The van der Waals surface area contributed by atoms with Gasteiger partial charge in [0.15, 0.2) is 18.9 Å². The van der Waals surface area contributed by atoms with Gasteiger partial charge in [0.2, 0.25) is 11.8 Å². The molecule has 0 aromatic rings. The molecule has 3 fully saturated rings. The highest BCUT2D eigenvalue weighted by molar-refractivity contribution is 5.73. The third kappa shape index (κ3) is 7.05. The molecule has 3 aliphatic heterocycles. The second-order valence-corrected chi connectivity index (χ2v) is 9.81. The van der Waals surface area contributed by atoms with Crippen molar-refractivity contribution >= 4 is 11.8 Å². The van der Waals surface area contributed by atoms with Gasteiger partial charge in [-0.05, 0) is 0 Å². The van der Waals surface area contributed by atoms with E-state index in [0.29, 0.717) is 0 Å². The highest BCUT2D eigenvalue weighted by Gasteiger charge is 2.54. The van der Waals surface area contributed by atoms with Crippen LogP contribution in [0, 0.1) is 0 Å². The summed E-state index contributed by atoms with van der Waals surface area (Å²) in [5.41, 5.74) is 0. The van der Waals surface area contributed by atoms with Gasteiger partial charge < -0.3 is 80.3 Å². The number of aliphatic hydroxyl groups is 9. The Morgan fingerprint density at radius 1 is 0.600 bits per heavy atom. The van der Waals surface area contributed by atoms with E-state index in [1.807, 2.05) is 0 Å². The smallest absolute Gasteiger partial charge is 0.217 e. The van der Waals surface area contributed by atoms with E-state index < -0.39 is 124 Å². The average molecular weight is 587 g/mol. The maximum absolute atomic E-state index is 11.7. The lowest BCUT2D eigenvalue weighted by molar-refractivity contribution is -0.364. The van der Waals surface area contributed by atoms with Crippen molar-refractivity contribution < 1.29 is 79.2 Å². The second-order valence-electron chi connectivity index (χ2n) is 9.81. The Balaban J connectivity index is 1.81. The quantitative estimate of drug-likeness (QED) is 0.120. The molecule has 0 aromatic carbocycles. The first-order valence-corrected chi connectivity index (χ1v) is 12.6. The van der Waals surface area contributed by atoms with Crippen molar-refractivity contribution in [2.45, 2.75) is 106 Å². The number of nitrogens with one attached hydrogen (secondary N) is 2. The number of ether oxygens (including phenoxy) is 5. The predicted octanol–water partition coefficient (Wildman–Crippen LogP) is -7.29. The van der Waals surface area contributed by atoms with E-state index in [-0.39, 0.29) is 0 Å². The second kappa shape index (κ2) is 14.0. The molecule has 15 atom stereocenters. The van der Waals surface area contributed by atoms with Crippen LogP contribution in [0.1, 0.15) is 13.8 Å². The van der Waals surface area contributed by atoms with Crippen LogP contribution < -0.4 is 10.6 Å². The summed E-state index contributed by atoms with van der Waals surface area (Å²) >= 11 is 0. The first-order chi connectivity index (χ1) is 18.8. The van der Waals surface area contributed by atoms with Gasteiger partial charge in [-0.3, -0.25) is 9.59 Å². The predicted molar refractivity (Wildman–Crippen MR) is 124 cm³/mol. The number of rotatable bonds is 9. The first kappa shape index (κ1) is 32.9. The van der Waals surface area contributed by atoms with Crippen molar-refractivity contribution in [2.24, 2.45) is 0 Å². The molecule has 3 aliphatic rings. The van der Waals surface area contributed by atoms with Crippen LogP contribution in [0.2, 0.25) is 0 Å². The Labute approximate surface area is 228 Å². The molecule has 3 heterocycles. The lowest BCUT2D eigenvalue weighted by Crippen LogP contribution is -2.69. The zero-order chi connectivity index (χ0) is 29.9. The molecular weight excluding hydrogens is 548 g/mol. The van der Waals surface area contributed by atoms with Gasteiger partial charge in [-0.2, -0.15) is 0 Å². The van der Waals surface area contributed by atoms with Crippen LogP contribution in [0.3, 0.4) is 0 Å². The van der Waals surface area contributed by atoms with Crippen LogP contribution in [0.5, 0.6) is 0 Å². The summed E-state index contributed by atoms with van der Waals surface area (Å²) in [6, 6.07) is -2.80. The Hall–Kier alpha value is -1.62. The van der Waals surface area contributed by atoms with Crippen molar-refractivity contribution in [3.05, 3.63) is 0 Å². The summed E-state index contributed by atoms with van der Waals surface area (Å²) in [5.74, 6) is -1.28. The fraction of sp³-hybridized carbons (Fsp3) is 0.909. The van der Waals surface area contributed by atoms with E-state index in [4.69, 9.17) is 23.7 Å².